The molecule has 0 amide bonds. The van der Waals surface area contributed by atoms with Gasteiger partial charge in [-0.05, 0) is 50.0 Å². The largest absolute Gasteiger partial charge is 0.495 e. The fourth-order valence-corrected chi connectivity index (χ4v) is 3.80. The van der Waals surface area contributed by atoms with Crippen LogP contribution in [-0.2, 0) is 14.8 Å². The number of carbonyl (C=O) groups excluding carboxylic acids is 1. The molecule has 1 unspecified atom stereocenters. The monoisotopic (exact) mass is 378 g/mol. The van der Waals surface area contributed by atoms with Crippen molar-refractivity contribution in [2.45, 2.75) is 17.7 Å². The van der Waals surface area contributed by atoms with Crippen LogP contribution in [0.2, 0.25) is 0 Å². The van der Waals surface area contributed by atoms with E-state index in [0.29, 0.717) is 6.54 Å². The van der Waals surface area contributed by atoms with E-state index in [1.807, 2.05) is 0 Å². The van der Waals surface area contributed by atoms with Crippen LogP contribution in [-0.4, -0.2) is 48.2 Å². The lowest BCUT2D eigenvalue weighted by atomic mass is 10.0. The van der Waals surface area contributed by atoms with Gasteiger partial charge in [0, 0.05) is 6.54 Å². The number of methoxy groups -OCH3 is 2. The molecule has 2 rings (SSSR count). The van der Waals surface area contributed by atoms with Crippen LogP contribution in [0, 0.1) is 5.92 Å². The molecule has 1 aliphatic heterocycles. The molecule has 0 spiro atoms. The second-order valence-electron chi connectivity index (χ2n) is 5.42. The Morgan fingerprint density at radius 1 is 1.38 bits per heavy atom. The number of rotatable bonds is 6. The van der Waals surface area contributed by atoms with E-state index in [1.165, 1.54) is 32.4 Å². The molecule has 0 saturated carbocycles. The van der Waals surface area contributed by atoms with Crippen molar-refractivity contribution in [1.82, 2.24) is 10.0 Å². The lowest BCUT2D eigenvalue weighted by molar-refractivity contribution is 0.0600. The van der Waals surface area contributed by atoms with E-state index in [4.69, 9.17) is 4.74 Å². The summed E-state index contributed by atoms with van der Waals surface area (Å²) in [5.74, 6) is -0.158. The number of carbonyl (C=O) groups is 1. The molecular formula is C15H23ClN2O5S. The van der Waals surface area contributed by atoms with Gasteiger partial charge in [-0.15, -0.1) is 12.4 Å². The zero-order chi connectivity index (χ0) is 16.9. The van der Waals surface area contributed by atoms with Crippen molar-refractivity contribution in [3.63, 3.8) is 0 Å². The standard InChI is InChI=1S/C15H22N2O5S.ClH/c1-21-13-8-12(15(18)22-2)5-6-14(13)23(19,20)17-10-11-4-3-7-16-9-11;/h5-6,8,11,16-17H,3-4,7,9-10H2,1-2H3;1H. The van der Waals surface area contributed by atoms with Crippen LogP contribution in [0.5, 0.6) is 5.75 Å². The number of piperidine rings is 1. The second kappa shape index (κ2) is 9.22. The Bertz CT molecular complexity index is 660. The molecule has 2 N–H and O–H groups in total. The third kappa shape index (κ3) is 5.07. The third-order valence-corrected chi connectivity index (χ3v) is 5.30. The van der Waals surface area contributed by atoms with Gasteiger partial charge < -0.3 is 14.8 Å². The molecule has 0 bridgehead atoms. The Labute approximate surface area is 148 Å². The van der Waals surface area contributed by atoms with Gasteiger partial charge in [-0.2, -0.15) is 0 Å². The van der Waals surface area contributed by atoms with Crippen molar-refractivity contribution in [2.24, 2.45) is 5.92 Å². The van der Waals surface area contributed by atoms with Gasteiger partial charge in [0.15, 0.2) is 0 Å². The van der Waals surface area contributed by atoms with Crippen molar-refractivity contribution in [1.29, 1.82) is 0 Å². The Balaban J connectivity index is 0.00000288. The molecule has 1 aromatic rings. The van der Waals surface area contributed by atoms with E-state index in [0.717, 1.165) is 25.9 Å². The van der Waals surface area contributed by atoms with Crippen molar-refractivity contribution in [3.05, 3.63) is 23.8 Å². The van der Waals surface area contributed by atoms with Crippen molar-refractivity contribution in [3.8, 4) is 5.75 Å². The van der Waals surface area contributed by atoms with Crippen LogP contribution in [0.4, 0.5) is 0 Å². The molecule has 1 aromatic carbocycles. The minimum Gasteiger partial charge on any atom is -0.495 e. The van der Waals surface area contributed by atoms with Gasteiger partial charge in [0.2, 0.25) is 10.0 Å². The summed E-state index contributed by atoms with van der Waals surface area (Å²) in [6.45, 7) is 2.16. The Morgan fingerprint density at radius 2 is 2.12 bits per heavy atom. The van der Waals surface area contributed by atoms with Crippen LogP contribution in [0.15, 0.2) is 23.1 Å². The maximum absolute atomic E-state index is 12.5. The quantitative estimate of drug-likeness (QED) is 0.722. The van der Waals surface area contributed by atoms with Gasteiger partial charge in [0.05, 0.1) is 19.8 Å². The zero-order valence-corrected chi connectivity index (χ0v) is 15.3. The van der Waals surface area contributed by atoms with E-state index < -0.39 is 16.0 Å². The summed E-state index contributed by atoms with van der Waals surface area (Å²) < 4.78 is 37.3. The molecule has 7 nitrogen and oxygen atoms in total. The average molecular weight is 379 g/mol. The first kappa shape index (κ1) is 20.7. The zero-order valence-electron chi connectivity index (χ0n) is 13.7. The van der Waals surface area contributed by atoms with Crippen LogP contribution < -0.4 is 14.8 Å². The van der Waals surface area contributed by atoms with Gasteiger partial charge in [0.25, 0.3) is 0 Å². The summed E-state index contributed by atoms with van der Waals surface area (Å²) in [6, 6.07) is 4.13. The molecule has 0 aromatic heterocycles. The summed E-state index contributed by atoms with van der Waals surface area (Å²) in [6.07, 6.45) is 2.04. The van der Waals surface area contributed by atoms with Gasteiger partial charge >= 0.3 is 5.97 Å². The number of ether oxygens (including phenoxy) is 2. The predicted molar refractivity (Wildman–Crippen MR) is 92.4 cm³/mol. The van der Waals surface area contributed by atoms with E-state index in [9.17, 15) is 13.2 Å². The van der Waals surface area contributed by atoms with Crippen LogP contribution in [0.25, 0.3) is 0 Å². The van der Waals surface area contributed by atoms with E-state index in [-0.39, 0.29) is 34.5 Å². The number of sulfonamides is 1. The number of esters is 1. The molecule has 1 heterocycles. The normalized spacial score (nSPS) is 17.7. The molecule has 24 heavy (non-hydrogen) atoms. The van der Waals surface area contributed by atoms with Crippen LogP contribution in [0.3, 0.4) is 0 Å². The molecule has 1 atom stereocenters. The topological polar surface area (TPSA) is 93.7 Å². The van der Waals surface area contributed by atoms with Gasteiger partial charge in [0.1, 0.15) is 10.6 Å². The van der Waals surface area contributed by atoms with E-state index >= 15 is 0 Å². The number of halogens is 1. The van der Waals surface area contributed by atoms with Crippen LogP contribution in [0.1, 0.15) is 23.2 Å². The maximum Gasteiger partial charge on any atom is 0.337 e. The molecule has 0 radical (unpaired) electrons. The number of benzene rings is 1. The van der Waals surface area contributed by atoms with Crippen LogP contribution >= 0.6 is 12.4 Å². The van der Waals surface area contributed by atoms with Gasteiger partial charge in [-0.3, -0.25) is 0 Å². The first-order chi connectivity index (χ1) is 11.0. The minimum atomic E-state index is -3.71. The van der Waals surface area contributed by atoms with Crippen molar-refractivity contribution in [2.75, 3.05) is 33.9 Å². The third-order valence-electron chi connectivity index (χ3n) is 3.84. The summed E-state index contributed by atoms with van der Waals surface area (Å²) in [7, 11) is -1.08. The molecule has 136 valence electrons. The lowest BCUT2D eigenvalue weighted by Crippen LogP contribution is -2.38. The molecule has 9 heteroatoms. The highest BCUT2D eigenvalue weighted by Crippen LogP contribution is 2.25. The first-order valence-corrected chi connectivity index (χ1v) is 8.93. The summed E-state index contributed by atoms with van der Waals surface area (Å²) >= 11 is 0. The molecule has 0 aliphatic carbocycles. The summed E-state index contributed by atoms with van der Waals surface area (Å²) in [5.41, 5.74) is 0.236. The first-order valence-electron chi connectivity index (χ1n) is 7.44. The fourth-order valence-electron chi connectivity index (χ4n) is 2.54. The highest BCUT2D eigenvalue weighted by molar-refractivity contribution is 7.89. The number of nitrogens with one attached hydrogen (secondary N) is 2. The average Bonchev–Trinajstić information content (AvgIpc) is 2.59. The second-order valence-corrected chi connectivity index (χ2v) is 7.16. The molecule has 1 fully saturated rings. The number of hydrogen-bond acceptors (Lipinski definition) is 6. The SMILES string of the molecule is COC(=O)c1ccc(S(=O)(=O)NCC2CCCNC2)c(OC)c1.Cl. The maximum atomic E-state index is 12.5. The van der Waals surface area contributed by atoms with Gasteiger partial charge in [-0.1, -0.05) is 0 Å². The van der Waals surface area contributed by atoms with E-state index in [1.54, 1.807) is 0 Å². The Morgan fingerprint density at radius 3 is 2.71 bits per heavy atom. The lowest BCUT2D eigenvalue weighted by Gasteiger charge is -2.23. The van der Waals surface area contributed by atoms with E-state index in [2.05, 4.69) is 14.8 Å². The summed E-state index contributed by atoms with van der Waals surface area (Å²) in [4.78, 5) is 11.5. The van der Waals surface area contributed by atoms with Gasteiger partial charge in [-0.25, -0.2) is 17.9 Å². The highest BCUT2D eigenvalue weighted by Gasteiger charge is 2.23. The number of hydrogen-bond donors (Lipinski definition) is 2. The Hall–Kier alpha value is -1.35. The van der Waals surface area contributed by atoms with Crippen molar-refractivity contribution < 1.29 is 22.7 Å². The van der Waals surface area contributed by atoms with Crippen molar-refractivity contribution >= 4 is 28.4 Å². The predicted octanol–water partition coefficient (Wildman–Crippen LogP) is 1.18. The molecule has 1 saturated heterocycles. The molecule has 1 aliphatic rings. The fraction of sp³-hybridized carbons (Fsp3) is 0.533. The Kier molecular flexibility index (Phi) is 7.95. The minimum absolute atomic E-state index is 0. The smallest absolute Gasteiger partial charge is 0.337 e. The summed E-state index contributed by atoms with van der Waals surface area (Å²) in [5, 5.41) is 3.25. The highest BCUT2D eigenvalue weighted by atomic mass is 35.5. The molecular weight excluding hydrogens is 356 g/mol.